The van der Waals surface area contributed by atoms with Crippen LogP contribution in [-0.4, -0.2) is 13.2 Å². The molecule has 2 rings (SSSR count). The van der Waals surface area contributed by atoms with Crippen LogP contribution in [0.3, 0.4) is 0 Å². The van der Waals surface area contributed by atoms with Crippen molar-refractivity contribution < 1.29 is 9.47 Å². The summed E-state index contributed by atoms with van der Waals surface area (Å²) in [4.78, 5) is 0. The zero-order valence-electron chi connectivity index (χ0n) is 13.0. The molecule has 0 N–H and O–H groups in total. The smallest absolute Gasteiger partial charge is 0.184 e. The van der Waals surface area contributed by atoms with Crippen molar-refractivity contribution in [2.24, 2.45) is 0 Å². The van der Waals surface area contributed by atoms with E-state index in [2.05, 4.69) is 48.0 Å². The number of halogens is 1. The van der Waals surface area contributed by atoms with Crippen LogP contribution in [0.2, 0.25) is 0 Å². The molecule has 3 heteroatoms. The van der Waals surface area contributed by atoms with Gasteiger partial charge in [-0.1, -0.05) is 63.5 Å². The van der Waals surface area contributed by atoms with Crippen LogP contribution in [0.1, 0.15) is 64.9 Å². The van der Waals surface area contributed by atoms with E-state index in [0.717, 1.165) is 10.0 Å². The second kappa shape index (κ2) is 10.4. The highest BCUT2D eigenvalue weighted by Gasteiger charge is 2.19. The fraction of sp³-hybridized carbons (Fsp3) is 0.625. The number of hydrogen-bond acceptors (Lipinski definition) is 2. The van der Waals surface area contributed by atoms with Crippen molar-refractivity contribution in [2.45, 2.75) is 53.8 Å². The van der Waals surface area contributed by atoms with Gasteiger partial charge in [-0.2, -0.15) is 0 Å². The van der Waals surface area contributed by atoms with Crippen molar-refractivity contribution in [3.8, 4) is 0 Å². The SMILES string of the molecule is CC.CC.CC(C)c1cc(Br)cc(C2OCCO2)c1. The third kappa shape index (κ3) is 6.07. The standard InChI is InChI=1S/C12H15BrO2.2C2H6/c1-8(2)9-5-10(7-11(13)6-9)12-14-3-4-15-12;2*1-2/h5-8,12H,3-4H2,1-2H3;2*1-2H3. The zero-order chi connectivity index (χ0) is 14.8. The molecule has 1 aromatic carbocycles. The van der Waals surface area contributed by atoms with Crippen molar-refractivity contribution in [2.75, 3.05) is 13.2 Å². The van der Waals surface area contributed by atoms with Gasteiger partial charge in [0.15, 0.2) is 6.29 Å². The predicted octanol–water partition coefficient (Wildman–Crippen LogP) is 5.67. The van der Waals surface area contributed by atoms with E-state index in [1.165, 1.54) is 5.56 Å². The lowest BCUT2D eigenvalue weighted by atomic mass is 10.0. The summed E-state index contributed by atoms with van der Waals surface area (Å²) < 4.78 is 12.1. The monoisotopic (exact) mass is 330 g/mol. The molecule has 19 heavy (non-hydrogen) atoms. The summed E-state index contributed by atoms with van der Waals surface area (Å²) in [6.07, 6.45) is -0.181. The van der Waals surface area contributed by atoms with Crippen LogP contribution in [0.4, 0.5) is 0 Å². The maximum absolute atomic E-state index is 5.49. The number of rotatable bonds is 2. The Morgan fingerprint density at radius 3 is 2.00 bits per heavy atom. The molecule has 0 radical (unpaired) electrons. The summed E-state index contributed by atoms with van der Waals surface area (Å²) in [6.45, 7) is 13.7. The maximum atomic E-state index is 5.49. The van der Waals surface area contributed by atoms with Crippen LogP contribution in [-0.2, 0) is 9.47 Å². The summed E-state index contributed by atoms with van der Waals surface area (Å²) in [7, 11) is 0. The second-order valence-corrected chi connectivity index (χ2v) is 4.96. The first-order chi connectivity index (χ1) is 9.16. The molecular weight excluding hydrogens is 304 g/mol. The van der Waals surface area contributed by atoms with Gasteiger partial charge in [0.1, 0.15) is 0 Å². The molecule has 2 nitrogen and oxygen atoms in total. The average Bonchev–Trinajstić information content (AvgIpc) is 2.96. The van der Waals surface area contributed by atoms with Crippen LogP contribution in [0.15, 0.2) is 22.7 Å². The minimum atomic E-state index is -0.181. The Bertz CT molecular complexity index is 345. The number of hydrogen-bond donors (Lipinski definition) is 0. The first-order valence-electron chi connectivity index (χ1n) is 7.20. The average molecular weight is 331 g/mol. The van der Waals surface area contributed by atoms with E-state index in [4.69, 9.17) is 9.47 Å². The van der Waals surface area contributed by atoms with Crippen molar-refractivity contribution in [3.05, 3.63) is 33.8 Å². The van der Waals surface area contributed by atoms with E-state index in [-0.39, 0.29) is 6.29 Å². The third-order valence-electron chi connectivity index (χ3n) is 2.50. The highest BCUT2D eigenvalue weighted by molar-refractivity contribution is 9.10. The Balaban J connectivity index is 0.000000741. The van der Waals surface area contributed by atoms with Gasteiger partial charge in [0, 0.05) is 10.0 Å². The first kappa shape index (κ1) is 18.6. The molecule has 0 aromatic heterocycles. The molecule has 0 atom stereocenters. The fourth-order valence-electron chi connectivity index (χ4n) is 1.66. The van der Waals surface area contributed by atoms with E-state index in [9.17, 15) is 0 Å². The van der Waals surface area contributed by atoms with Gasteiger partial charge < -0.3 is 9.47 Å². The summed E-state index contributed by atoms with van der Waals surface area (Å²) in [5.41, 5.74) is 2.41. The van der Waals surface area contributed by atoms with Crippen LogP contribution < -0.4 is 0 Å². The third-order valence-corrected chi connectivity index (χ3v) is 2.96. The normalized spacial score (nSPS) is 14.5. The van der Waals surface area contributed by atoms with E-state index in [1.807, 2.05) is 27.7 Å². The van der Waals surface area contributed by atoms with Gasteiger partial charge in [-0.15, -0.1) is 0 Å². The lowest BCUT2D eigenvalue weighted by Gasteiger charge is -2.13. The summed E-state index contributed by atoms with van der Waals surface area (Å²) in [6, 6.07) is 6.36. The molecule has 0 aliphatic carbocycles. The van der Waals surface area contributed by atoms with Crippen LogP contribution in [0.25, 0.3) is 0 Å². The van der Waals surface area contributed by atoms with Crippen molar-refractivity contribution in [1.29, 1.82) is 0 Å². The Morgan fingerprint density at radius 2 is 1.53 bits per heavy atom. The Kier molecular flexibility index (Phi) is 10.2. The van der Waals surface area contributed by atoms with Gasteiger partial charge >= 0.3 is 0 Å². The zero-order valence-corrected chi connectivity index (χ0v) is 14.6. The van der Waals surface area contributed by atoms with Gasteiger partial charge in [0.2, 0.25) is 0 Å². The second-order valence-electron chi connectivity index (χ2n) is 4.05. The molecule has 1 saturated heterocycles. The first-order valence-corrected chi connectivity index (χ1v) is 7.99. The van der Waals surface area contributed by atoms with E-state index in [1.54, 1.807) is 0 Å². The van der Waals surface area contributed by atoms with Crippen molar-refractivity contribution >= 4 is 15.9 Å². The minimum absolute atomic E-state index is 0.181. The van der Waals surface area contributed by atoms with Crippen LogP contribution >= 0.6 is 15.9 Å². The highest BCUT2D eigenvalue weighted by Crippen LogP contribution is 2.29. The van der Waals surface area contributed by atoms with E-state index >= 15 is 0 Å². The molecule has 0 saturated carbocycles. The molecule has 1 aliphatic heterocycles. The fourth-order valence-corrected chi connectivity index (χ4v) is 2.18. The van der Waals surface area contributed by atoms with Gasteiger partial charge in [0.05, 0.1) is 13.2 Å². The van der Waals surface area contributed by atoms with Gasteiger partial charge in [-0.05, 0) is 23.6 Å². The quantitative estimate of drug-likeness (QED) is 0.695. The molecule has 0 unspecified atom stereocenters. The van der Waals surface area contributed by atoms with Crippen LogP contribution in [0, 0.1) is 0 Å². The Hall–Kier alpha value is -0.380. The summed E-state index contributed by atoms with van der Waals surface area (Å²) in [5, 5.41) is 0. The molecule has 1 fully saturated rings. The molecular formula is C16H27BrO2. The van der Waals surface area contributed by atoms with Crippen molar-refractivity contribution in [1.82, 2.24) is 0 Å². The largest absolute Gasteiger partial charge is 0.346 e. The molecule has 0 amide bonds. The molecule has 1 aromatic rings. The highest BCUT2D eigenvalue weighted by atomic mass is 79.9. The topological polar surface area (TPSA) is 18.5 Å². The predicted molar refractivity (Wildman–Crippen MR) is 85.6 cm³/mol. The molecule has 0 bridgehead atoms. The van der Waals surface area contributed by atoms with Gasteiger partial charge in [-0.25, -0.2) is 0 Å². The summed E-state index contributed by atoms with van der Waals surface area (Å²) in [5.74, 6) is 0.516. The number of ether oxygens (including phenoxy) is 2. The lowest BCUT2D eigenvalue weighted by molar-refractivity contribution is -0.0442. The van der Waals surface area contributed by atoms with Gasteiger partial charge in [-0.3, -0.25) is 0 Å². The molecule has 110 valence electrons. The Labute approximate surface area is 126 Å². The number of benzene rings is 1. The van der Waals surface area contributed by atoms with E-state index in [0.29, 0.717) is 19.1 Å². The maximum Gasteiger partial charge on any atom is 0.184 e. The van der Waals surface area contributed by atoms with Gasteiger partial charge in [0.25, 0.3) is 0 Å². The van der Waals surface area contributed by atoms with E-state index < -0.39 is 0 Å². The molecule has 1 aliphatic rings. The minimum Gasteiger partial charge on any atom is -0.346 e. The molecule has 0 spiro atoms. The lowest BCUT2D eigenvalue weighted by Crippen LogP contribution is -2.00. The molecule has 1 heterocycles. The Morgan fingerprint density at radius 1 is 1.00 bits per heavy atom. The van der Waals surface area contributed by atoms with Crippen molar-refractivity contribution in [3.63, 3.8) is 0 Å². The summed E-state index contributed by atoms with van der Waals surface area (Å²) >= 11 is 3.52. The van der Waals surface area contributed by atoms with Crippen LogP contribution in [0.5, 0.6) is 0 Å².